The normalized spacial score (nSPS) is 23.8. The van der Waals surface area contributed by atoms with Gasteiger partial charge in [-0.15, -0.1) is 5.10 Å². The zero-order chi connectivity index (χ0) is 23.3. The van der Waals surface area contributed by atoms with Gasteiger partial charge < -0.3 is 5.32 Å². The Morgan fingerprint density at radius 1 is 1.15 bits per heavy atom. The van der Waals surface area contributed by atoms with Gasteiger partial charge in [-0.2, -0.15) is 0 Å². The molecule has 3 fully saturated rings. The molecule has 3 aliphatic rings. The van der Waals surface area contributed by atoms with E-state index in [1.165, 1.54) is 5.56 Å². The van der Waals surface area contributed by atoms with Crippen molar-refractivity contribution in [3.8, 4) is 0 Å². The highest BCUT2D eigenvalue weighted by Gasteiger charge is 2.43. The number of hydrogen-bond acceptors (Lipinski definition) is 6. The molecule has 6 rings (SSSR count). The molecule has 1 N–H and O–H groups in total. The molecule has 8 nitrogen and oxygen atoms in total. The molecule has 0 aliphatic carbocycles. The SMILES string of the molecule is CN(Cc1ccccc1)Cc1cn(CC2CC3CCN2CC3C(=O)NCc2cccnc2)nn1. The molecule has 178 valence electrons. The summed E-state index contributed by atoms with van der Waals surface area (Å²) in [7, 11) is 2.11. The highest BCUT2D eigenvalue weighted by molar-refractivity contribution is 5.79. The second-order valence-electron chi connectivity index (χ2n) is 9.71. The van der Waals surface area contributed by atoms with Crippen molar-refractivity contribution in [2.75, 3.05) is 20.1 Å². The maximum Gasteiger partial charge on any atom is 0.224 e. The molecule has 8 heteroatoms. The van der Waals surface area contributed by atoms with E-state index in [0.717, 1.165) is 56.8 Å². The van der Waals surface area contributed by atoms with Crippen molar-refractivity contribution < 1.29 is 4.79 Å². The van der Waals surface area contributed by atoms with Crippen LogP contribution in [0.2, 0.25) is 0 Å². The van der Waals surface area contributed by atoms with E-state index in [2.05, 4.69) is 67.9 Å². The number of nitrogens with one attached hydrogen (secondary N) is 1. The van der Waals surface area contributed by atoms with Gasteiger partial charge in [0.1, 0.15) is 0 Å². The Kier molecular flexibility index (Phi) is 6.97. The Bertz CT molecular complexity index is 1070. The minimum atomic E-state index is 0.0691. The average molecular weight is 460 g/mol. The number of amides is 1. The number of pyridine rings is 1. The molecule has 0 saturated carbocycles. The van der Waals surface area contributed by atoms with E-state index in [9.17, 15) is 4.79 Å². The Morgan fingerprint density at radius 2 is 2.00 bits per heavy atom. The molecule has 3 saturated heterocycles. The Hall–Kier alpha value is -3.10. The van der Waals surface area contributed by atoms with Gasteiger partial charge in [0.25, 0.3) is 0 Å². The maximum atomic E-state index is 12.9. The van der Waals surface area contributed by atoms with E-state index in [4.69, 9.17) is 0 Å². The Morgan fingerprint density at radius 3 is 2.76 bits per heavy atom. The molecule has 3 aliphatic heterocycles. The predicted octanol–water partition coefficient (Wildman–Crippen LogP) is 2.33. The second-order valence-corrected chi connectivity index (χ2v) is 9.71. The van der Waals surface area contributed by atoms with Crippen LogP contribution in [0.1, 0.15) is 29.7 Å². The molecule has 0 spiro atoms. The molecular formula is C26H33N7O. The minimum Gasteiger partial charge on any atom is -0.352 e. The quantitative estimate of drug-likeness (QED) is 0.529. The number of carbonyl (C=O) groups is 1. The van der Waals surface area contributed by atoms with Gasteiger partial charge in [0.2, 0.25) is 5.91 Å². The summed E-state index contributed by atoms with van der Waals surface area (Å²) in [5.74, 6) is 0.671. The molecule has 1 amide bonds. The van der Waals surface area contributed by atoms with Crippen LogP contribution in [-0.4, -0.2) is 61.9 Å². The molecule has 0 radical (unpaired) electrons. The number of nitrogens with zero attached hydrogens (tertiary/aromatic N) is 6. The smallest absolute Gasteiger partial charge is 0.224 e. The van der Waals surface area contributed by atoms with Gasteiger partial charge in [0.15, 0.2) is 0 Å². The molecule has 2 bridgehead atoms. The molecule has 4 unspecified atom stereocenters. The van der Waals surface area contributed by atoms with Crippen molar-refractivity contribution in [1.29, 1.82) is 0 Å². The van der Waals surface area contributed by atoms with Crippen molar-refractivity contribution >= 4 is 5.91 Å². The van der Waals surface area contributed by atoms with E-state index in [1.807, 2.05) is 22.9 Å². The van der Waals surface area contributed by atoms with Gasteiger partial charge in [-0.25, -0.2) is 0 Å². The lowest BCUT2D eigenvalue weighted by Gasteiger charge is -2.49. The Labute approximate surface area is 201 Å². The molecule has 4 atom stereocenters. The summed E-state index contributed by atoms with van der Waals surface area (Å²) in [4.78, 5) is 21.7. The number of benzene rings is 1. The topological polar surface area (TPSA) is 79.2 Å². The van der Waals surface area contributed by atoms with Crippen LogP contribution in [0.3, 0.4) is 0 Å². The molecule has 5 heterocycles. The van der Waals surface area contributed by atoms with Gasteiger partial charge in [0.05, 0.1) is 18.2 Å². The third-order valence-electron chi connectivity index (χ3n) is 7.12. The summed E-state index contributed by atoms with van der Waals surface area (Å²) in [6.07, 6.45) is 7.75. The van der Waals surface area contributed by atoms with Crippen molar-refractivity contribution in [1.82, 2.24) is 35.1 Å². The number of hydrogen-bond donors (Lipinski definition) is 1. The lowest BCUT2D eigenvalue weighted by atomic mass is 9.75. The van der Waals surface area contributed by atoms with E-state index in [-0.39, 0.29) is 11.8 Å². The fourth-order valence-corrected chi connectivity index (χ4v) is 5.39. The zero-order valence-electron chi connectivity index (χ0n) is 19.8. The zero-order valence-corrected chi connectivity index (χ0v) is 19.8. The lowest BCUT2D eigenvalue weighted by molar-refractivity contribution is -0.133. The largest absolute Gasteiger partial charge is 0.352 e. The summed E-state index contributed by atoms with van der Waals surface area (Å²) in [5.41, 5.74) is 3.32. The van der Waals surface area contributed by atoms with E-state index >= 15 is 0 Å². The monoisotopic (exact) mass is 459 g/mol. The fraction of sp³-hybridized carbons (Fsp3) is 0.462. The van der Waals surface area contributed by atoms with Crippen LogP contribution in [-0.2, 0) is 31.0 Å². The third-order valence-corrected chi connectivity index (χ3v) is 7.12. The van der Waals surface area contributed by atoms with E-state index < -0.39 is 0 Å². The Balaban J connectivity index is 1.11. The van der Waals surface area contributed by atoms with Crippen LogP contribution in [0, 0.1) is 11.8 Å². The standard InChI is InChI=1S/C26H33N7O/c1-31(15-20-6-3-2-4-7-20)16-23-17-33(30-29-23)18-24-12-22-9-11-32(24)19-25(22)26(34)28-14-21-8-5-10-27-13-21/h2-8,10,13,17,22,24-25H,9,11-12,14-16,18-19H2,1H3,(H,28,34). The predicted molar refractivity (Wildman–Crippen MR) is 129 cm³/mol. The summed E-state index contributed by atoms with van der Waals surface area (Å²) < 4.78 is 1.98. The molecule has 3 aromatic rings. The van der Waals surface area contributed by atoms with E-state index in [1.54, 1.807) is 12.4 Å². The van der Waals surface area contributed by atoms with Crippen LogP contribution in [0.15, 0.2) is 61.1 Å². The first-order valence-corrected chi connectivity index (χ1v) is 12.2. The third kappa shape index (κ3) is 5.51. The highest BCUT2D eigenvalue weighted by Crippen LogP contribution is 2.37. The van der Waals surface area contributed by atoms with Gasteiger partial charge in [-0.05, 0) is 49.5 Å². The van der Waals surface area contributed by atoms with Crippen molar-refractivity contribution in [3.63, 3.8) is 0 Å². The summed E-state index contributed by atoms with van der Waals surface area (Å²) >= 11 is 0. The summed E-state index contributed by atoms with van der Waals surface area (Å²) in [6, 6.07) is 14.8. The number of aromatic nitrogens is 4. The van der Waals surface area contributed by atoms with E-state index in [0.29, 0.717) is 18.5 Å². The number of piperidine rings is 3. The van der Waals surface area contributed by atoms with Crippen molar-refractivity contribution in [2.45, 2.75) is 45.1 Å². The van der Waals surface area contributed by atoms with Gasteiger partial charge >= 0.3 is 0 Å². The minimum absolute atomic E-state index is 0.0691. The summed E-state index contributed by atoms with van der Waals surface area (Å²) in [6.45, 7) is 4.91. The van der Waals surface area contributed by atoms with Crippen LogP contribution in [0.5, 0.6) is 0 Å². The molecule has 1 aromatic carbocycles. The van der Waals surface area contributed by atoms with Gasteiger partial charge in [0, 0.05) is 50.8 Å². The first-order chi connectivity index (χ1) is 16.6. The second kappa shape index (κ2) is 10.4. The van der Waals surface area contributed by atoms with Crippen LogP contribution >= 0.6 is 0 Å². The first-order valence-electron chi connectivity index (χ1n) is 12.2. The number of carbonyl (C=O) groups excluding carboxylic acids is 1. The van der Waals surface area contributed by atoms with Gasteiger partial charge in [-0.3, -0.25) is 24.3 Å². The molecule has 34 heavy (non-hydrogen) atoms. The van der Waals surface area contributed by atoms with Crippen molar-refractivity contribution in [3.05, 3.63) is 77.9 Å². The molecular weight excluding hydrogens is 426 g/mol. The maximum absolute atomic E-state index is 12.9. The van der Waals surface area contributed by atoms with Crippen LogP contribution < -0.4 is 5.32 Å². The lowest BCUT2D eigenvalue weighted by Crippen LogP contribution is -2.58. The molecule has 2 aromatic heterocycles. The van der Waals surface area contributed by atoms with Gasteiger partial charge in [-0.1, -0.05) is 41.6 Å². The van der Waals surface area contributed by atoms with Crippen LogP contribution in [0.25, 0.3) is 0 Å². The summed E-state index contributed by atoms with van der Waals surface area (Å²) in [5, 5.41) is 11.9. The average Bonchev–Trinajstić information content (AvgIpc) is 3.30. The van der Waals surface area contributed by atoms with Crippen molar-refractivity contribution in [2.24, 2.45) is 11.8 Å². The fourth-order valence-electron chi connectivity index (χ4n) is 5.39. The highest BCUT2D eigenvalue weighted by atomic mass is 16.1. The first kappa shape index (κ1) is 22.7. The number of rotatable bonds is 9. The number of fused-ring (bicyclic) bond motifs is 3. The van der Waals surface area contributed by atoms with Crippen LogP contribution in [0.4, 0.5) is 0 Å².